The van der Waals surface area contributed by atoms with Gasteiger partial charge < -0.3 is 15.4 Å². The van der Waals surface area contributed by atoms with Crippen LogP contribution in [0.25, 0.3) is 0 Å². The summed E-state index contributed by atoms with van der Waals surface area (Å²) in [5.41, 5.74) is 0. The average molecular weight is 216 g/mol. The number of methoxy groups -OCH3 is 1. The summed E-state index contributed by atoms with van der Waals surface area (Å²) in [5.74, 6) is 0.640. The summed E-state index contributed by atoms with van der Waals surface area (Å²) in [6.45, 7) is 5.84. The van der Waals surface area contributed by atoms with Gasteiger partial charge in [0.1, 0.15) is 0 Å². The Morgan fingerprint density at radius 1 is 1.40 bits per heavy atom. The first kappa shape index (κ1) is 14.4. The standard InChI is InChI=1S/C11H24N2O2/c1-9(2)10(6-8-15-4)13-7-5-11(14)12-3/h9-10,13H,5-8H2,1-4H3,(H,12,14). The van der Waals surface area contributed by atoms with Gasteiger partial charge in [0.15, 0.2) is 0 Å². The fourth-order valence-electron chi connectivity index (χ4n) is 1.41. The van der Waals surface area contributed by atoms with Crippen molar-refractivity contribution in [3.05, 3.63) is 0 Å². The smallest absolute Gasteiger partial charge is 0.221 e. The third kappa shape index (κ3) is 7.33. The molecule has 1 atom stereocenters. The summed E-state index contributed by atoms with van der Waals surface area (Å²) >= 11 is 0. The highest BCUT2D eigenvalue weighted by atomic mass is 16.5. The van der Waals surface area contributed by atoms with E-state index in [9.17, 15) is 4.79 Å². The number of nitrogens with one attached hydrogen (secondary N) is 2. The molecule has 0 aromatic heterocycles. The first-order valence-corrected chi connectivity index (χ1v) is 5.54. The van der Waals surface area contributed by atoms with Crippen molar-refractivity contribution >= 4 is 5.91 Å². The quantitative estimate of drug-likeness (QED) is 0.630. The van der Waals surface area contributed by atoms with Crippen LogP contribution in [0, 0.1) is 5.92 Å². The zero-order chi connectivity index (χ0) is 11.7. The Hall–Kier alpha value is -0.610. The Morgan fingerprint density at radius 3 is 2.53 bits per heavy atom. The molecule has 0 heterocycles. The van der Waals surface area contributed by atoms with Gasteiger partial charge in [-0.2, -0.15) is 0 Å². The Bertz CT molecular complexity index is 172. The van der Waals surface area contributed by atoms with Crippen LogP contribution in [0.4, 0.5) is 0 Å². The van der Waals surface area contributed by atoms with Crippen molar-refractivity contribution in [2.75, 3.05) is 27.3 Å². The second-order valence-electron chi connectivity index (χ2n) is 4.01. The van der Waals surface area contributed by atoms with E-state index in [0.717, 1.165) is 19.6 Å². The van der Waals surface area contributed by atoms with Crippen LogP contribution < -0.4 is 10.6 Å². The van der Waals surface area contributed by atoms with E-state index in [1.807, 2.05) is 0 Å². The summed E-state index contributed by atoms with van der Waals surface area (Å²) in [5, 5.41) is 5.99. The van der Waals surface area contributed by atoms with Gasteiger partial charge in [0.2, 0.25) is 5.91 Å². The molecule has 15 heavy (non-hydrogen) atoms. The van der Waals surface area contributed by atoms with E-state index in [1.54, 1.807) is 14.2 Å². The van der Waals surface area contributed by atoms with Crippen molar-refractivity contribution in [1.82, 2.24) is 10.6 Å². The predicted molar refractivity (Wildman–Crippen MR) is 61.8 cm³/mol. The highest BCUT2D eigenvalue weighted by Crippen LogP contribution is 2.05. The first-order chi connectivity index (χ1) is 7.11. The molecule has 0 saturated carbocycles. The van der Waals surface area contributed by atoms with E-state index in [0.29, 0.717) is 18.4 Å². The number of ether oxygens (including phenoxy) is 1. The molecule has 0 aliphatic carbocycles. The fraction of sp³-hybridized carbons (Fsp3) is 0.909. The lowest BCUT2D eigenvalue weighted by Crippen LogP contribution is -2.37. The summed E-state index contributed by atoms with van der Waals surface area (Å²) in [6, 6.07) is 0.426. The molecule has 2 N–H and O–H groups in total. The Kier molecular flexibility index (Phi) is 8.33. The molecule has 0 spiro atoms. The average Bonchev–Trinajstić information content (AvgIpc) is 2.22. The monoisotopic (exact) mass is 216 g/mol. The minimum Gasteiger partial charge on any atom is -0.385 e. The summed E-state index contributed by atoms with van der Waals surface area (Å²) in [6.07, 6.45) is 1.52. The predicted octanol–water partition coefficient (Wildman–Crippen LogP) is 0.773. The lowest BCUT2D eigenvalue weighted by Gasteiger charge is -2.21. The van der Waals surface area contributed by atoms with Crippen LogP contribution in [0.1, 0.15) is 26.7 Å². The van der Waals surface area contributed by atoms with Crippen LogP contribution in [-0.2, 0) is 9.53 Å². The number of carbonyl (C=O) groups excluding carboxylic acids is 1. The Morgan fingerprint density at radius 2 is 2.07 bits per heavy atom. The zero-order valence-corrected chi connectivity index (χ0v) is 10.3. The van der Waals surface area contributed by atoms with Gasteiger partial charge in [0.05, 0.1) is 0 Å². The van der Waals surface area contributed by atoms with Crippen molar-refractivity contribution in [3.8, 4) is 0 Å². The molecule has 0 aliphatic rings. The van der Waals surface area contributed by atoms with Gasteiger partial charge in [-0.25, -0.2) is 0 Å². The van der Waals surface area contributed by atoms with E-state index < -0.39 is 0 Å². The van der Waals surface area contributed by atoms with Crippen molar-refractivity contribution in [3.63, 3.8) is 0 Å². The maximum absolute atomic E-state index is 11.0. The molecule has 0 bridgehead atoms. The fourth-order valence-corrected chi connectivity index (χ4v) is 1.41. The number of rotatable bonds is 8. The molecule has 0 radical (unpaired) electrons. The Balaban J connectivity index is 3.70. The van der Waals surface area contributed by atoms with Crippen LogP contribution in [-0.4, -0.2) is 39.3 Å². The highest BCUT2D eigenvalue weighted by molar-refractivity contribution is 5.75. The molecule has 0 aromatic rings. The van der Waals surface area contributed by atoms with E-state index in [2.05, 4.69) is 24.5 Å². The number of amides is 1. The van der Waals surface area contributed by atoms with Crippen molar-refractivity contribution in [2.24, 2.45) is 5.92 Å². The van der Waals surface area contributed by atoms with Crippen LogP contribution in [0.15, 0.2) is 0 Å². The summed E-state index contributed by atoms with van der Waals surface area (Å²) in [7, 11) is 3.37. The molecular formula is C11H24N2O2. The van der Waals surface area contributed by atoms with Gasteiger partial charge in [0, 0.05) is 39.8 Å². The largest absolute Gasteiger partial charge is 0.385 e. The van der Waals surface area contributed by atoms with Gasteiger partial charge in [-0.15, -0.1) is 0 Å². The maximum atomic E-state index is 11.0. The molecule has 1 amide bonds. The lowest BCUT2D eigenvalue weighted by atomic mass is 10.0. The van der Waals surface area contributed by atoms with E-state index in [4.69, 9.17) is 4.74 Å². The highest BCUT2D eigenvalue weighted by Gasteiger charge is 2.12. The van der Waals surface area contributed by atoms with Crippen LogP contribution in [0.3, 0.4) is 0 Å². The van der Waals surface area contributed by atoms with Gasteiger partial charge in [-0.3, -0.25) is 4.79 Å². The second kappa shape index (κ2) is 8.68. The zero-order valence-electron chi connectivity index (χ0n) is 10.3. The number of hydrogen-bond acceptors (Lipinski definition) is 3. The molecule has 0 aromatic carbocycles. The second-order valence-corrected chi connectivity index (χ2v) is 4.01. The van der Waals surface area contributed by atoms with E-state index >= 15 is 0 Å². The molecule has 0 fully saturated rings. The third-order valence-electron chi connectivity index (χ3n) is 2.48. The molecule has 4 heteroatoms. The van der Waals surface area contributed by atoms with Gasteiger partial charge in [0.25, 0.3) is 0 Å². The van der Waals surface area contributed by atoms with Crippen molar-refractivity contribution < 1.29 is 9.53 Å². The summed E-state index contributed by atoms with van der Waals surface area (Å²) < 4.78 is 5.05. The minimum absolute atomic E-state index is 0.0803. The van der Waals surface area contributed by atoms with Crippen molar-refractivity contribution in [1.29, 1.82) is 0 Å². The minimum atomic E-state index is 0.0803. The van der Waals surface area contributed by atoms with E-state index in [1.165, 1.54) is 0 Å². The molecule has 0 saturated heterocycles. The maximum Gasteiger partial charge on any atom is 0.221 e. The van der Waals surface area contributed by atoms with Gasteiger partial charge in [-0.05, 0) is 12.3 Å². The normalized spacial score (nSPS) is 12.9. The van der Waals surface area contributed by atoms with E-state index in [-0.39, 0.29) is 5.91 Å². The SMILES string of the molecule is CNC(=O)CCNC(CCOC)C(C)C. The van der Waals surface area contributed by atoms with Gasteiger partial charge >= 0.3 is 0 Å². The Labute approximate surface area is 92.8 Å². The topological polar surface area (TPSA) is 50.4 Å². The molecule has 4 nitrogen and oxygen atoms in total. The third-order valence-corrected chi connectivity index (χ3v) is 2.48. The van der Waals surface area contributed by atoms with Crippen LogP contribution in [0.2, 0.25) is 0 Å². The van der Waals surface area contributed by atoms with Crippen LogP contribution in [0.5, 0.6) is 0 Å². The first-order valence-electron chi connectivity index (χ1n) is 5.54. The molecule has 1 unspecified atom stereocenters. The molecule has 0 aliphatic heterocycles. The van der Waals surface area contributed by atoms with Crippen LogP contribution >= 0.6 is 0 Å². The molecule has 90 valence electrons. The molecular weight excluding hydrogens is 192 g/mol. The lowest BCUT2D eigenvalue weighted by molar-refractivity contribution is -0.120. The number of hydrogen-bond donors (Lipinski definition) is 2. The van der Waals surface area contributed by atoms with Gasteiger partial charge in [-0.1, -0.05) is 13.8 Å². The number of carbonyl (C=O) groups is 1. The summed E-state index contributed by atoms with van der Waals surface area (Å²) in [4.78, 5) is 11.0. The molecule has 0 rings (SSSR count). The van der Waals surface area contributed by atoms with Crippen molar-refractivity contribution in [2.45, 2.75) is 32.7 Å².